The minimum Gasteiger partial charge on any atom is -0.457 e. The molecule has 7 aromatic rings. The van der Waals surface area contributed by atoms with E-state index in [0.29, 0.717) is 38.4 Å². The Morgan fingerprint density at radius 1 is 0.789 bits per heavy atom. The van der Waals surface area contributed by atoms with Gasteiger partial charge in [0, 0.05) is 55.9 Å². The Bertz CT molecular complexity index is 2690. The number of aromatic nitrogens is 1. The van der Waals surface area contributed by atoms with E-state index in [-0.39, 0.29) is 23.9 Å². The van der Waals surface area contributed by atoms with Crippen LogP contribution in [0.5, 0.6) is 11.5 Å². The zero-order chi connectivity index (χ0) is 39.5. The van der Waals surface area contributed by atoms with Crippen LogP contribution in [0, 0.1) is 0 Å². The van der Waals surface area contributed by atoms with Gasteiger partial charge in [-0.3, -0.25) is 19.2 Å². The molecule has 6 aromatic carbocycles. The maximum Gasteiger partial charge on any atom is 0.272 e. The minimum absolute atomic E-state index is 0.0167. The second-order valence-electron chi connectivity index (χ2n) is 13.3. The molecule has 0 aliphatic carbocycles. The Kier molecular flexibility index (Phi) is 10.6. The number of thioether (sulfide) groups is 1. The molecule has 9 nitrogen and oxygen atoms in total. The third-order valence-electron chi connectivity index (χ3n) is 9.57. The average Bonchev–Trinajstić information content (AvgIpc) is 3.70. The number of hydrogen-bond acceptors (Lipinski definition) is 6. The van der Waals surface area contributed by atoms with Crippen molar-refractivity contribution in [2.24, 2.45) is 0 Å². The van der Waals surface area contributed by atoms with Crippen molar-refractivity contribution in [1.82, 2.24) is 9.88 Å². The number of carbonyl (C=O) groups excluding carboxylic acids is 4. The van der Waals surface area contributed by atoms with Gasteiger partial charge in [0.25, 0.3) is 11.8 Å². The van der Waals surface area contributed by atoms with Gasteiger partial charge in [0.15, 0.2) is 0 Å². The highest BCUT2D eigenvalue weighted by atomic mass is 35.5. The van der Waals surface area contributed by atoms with Crippen molar-refractivity contribution < 1.29 is 23.9 Å². The predicted octanol–water partition coefficient (Wildman–Crippen LogP) is 10.1. The summed E-state index contributed by atoms with van der Waals surface area (Å²) in [6, 6.07) is 43.6. The summed E-state index contributed by atoms with van der Waals surface area (Å²) in [4.78, 5) is 55.9. The molecule has 0 saturated carbocycles. The molecule has 2 N–H and O–H groups in total. The van der Waals surface area contributed by atoms with Crippen LogP contribution in [0.15, 0.2) is 156 Å². The molecule has 11 heteroatoms. The van der Waals surface area contributed by atoms with Crippen LogP contribution in [-0.4, -0.2) is 33.4 Å². The SMILES string of the molecule is CCn1c2ccccc2c2cc(/C=C(\NC(=O)c3ccccc3)C(=O)Nc3cccc(S[C@H]4CC(=O)N(c5ccc(Oc6ccc(Cl)cc6)cc5)C4=O)c3)ccc21. The van der Waals surface area contributed by atoms with Crippen LogP contribution in [0.1, 0.15) is 29.3 Å². The fourth-order valence-electron chi connectivity index (χ4n) is 6.89. The fourth-order valence-corrected chi connectivity index (χ4v) is 8.13. The van der Waals surface area contributed by atoms with E-state index in [2.05, 4.69) is 34.3 Å². The van der Waals surface area contributed by atoms with Crippen molar-refractivity contribution in [2.75, 3.05) is 10.2 Å². The average molecular weight is 791 g/mol. The zero-order valence-electron chi connectivity index (χ0n) is 30.6. The van der Waals surface area contributed by atoms with Gasteiger partial charge in [-0.25, -0.2) is 4.90 Å². The smallest absolute Gasteiger partial charge is 0.272 e. The van der Waals surface area contributed by atoms with Crippen LogP contribution in [-0.2, 0) is 20.9 Å². The van der Waals surface area contributed by atoms with Gasteiger partial charge in [-0.1, -0.05) is 60.1 Å². The monoisotopic (exact) mass is 790 g/mol. The lowest BCUT2D eigenvalue weighted by Crippen LogP contribution is -2.31. The second kappa shape index (κ2) is 16.2. The first-order chi connectivity index (χ1) is 27.7. The number of nitrogens with zero attached hydrogens (tertiary/aromatic N) is 2. The molecule has 0 spiro atoms. The summed E-state index contributed by atoms with van der Waals surface area (Å²) in [7, 11) is 0. The van der Waals surface area contributed by atoms with E-state index in [1.807, 2.05) is 42.5 Å². The Labute approximate surface area is 337 Å². The number of aryl methyl sites for hydroxylation is 1. The first kappa shape index (κ1) is 37.3. The number of amides is 4. The molecule has 1 aliphatic heterocycles. The lowest BCUT2D eigenvalue weighted by atomic mass is 10.1. The predicted molar refractivity (Wildman–Crippen MR) is 227 cm³/mol. The highest BCUT2D eigenvalue weighted by molar-refractivity contribution is 8.00. The number of rotatable bonds is 11. The van der Waals surface area contributed by atoms with Gasteiger partial charge in [-0.15, -0.1) is 11.8 Å². The maximum absolute atomic E-state index is 14.0. The van der Waals surface area contributed by atoms with Crippen LogP contribution >= 0.6 is 23.4 Å². The summed E-state index contributed by atoms with van der Waals surface area (Å²) in [5.41, 5.74) is 4.30. The molecule has 1 atom stereocenters. The fraction of sp³-hybridized carbons (Fsp3) is 0.0870. The molecule has 0 radical (unpaired) electrons. The summed E-state index contributed by atoms with van der Waals surface area (Å²) >= 11 is 7.21. The van der Waals surface area contributed by atoms with Crippen LogP contribution in [0.3, 0.4) is 0 Å². The minimum atomic E-state index is -0.664. The van der Waals surface area contributed by atoms with Gasteiger partial charge >= 0.3 is 0 Å². The molecule has 57 heavy (non-hydrogen) atoms. The van der Waals surface area contributed by atoms with Gasteiger partial charge in [-0.2, -0.15) is 0 Å². The molecule has 2 heterocycles. The highest BCUT2D eigenvalue weighted by Crippen LogP contribution is 2.36. The van der Waals surface area contributed by atoms with E-state index in [0.717, 1.165) is 33.9 Å². The van der Waals surface area contributed by atoms with E-state index >= 15 is 0 Å². The number of carbonyl (C=O) groups is 4. The largest absolute Gasteiger partial charge is 0.457 e. The molecule has 1 aromatic heterocycles. The number of imide groups is 1. The van der Waals surface area contributed by atoms with Crippen LogP contribution in [0.25, 0.3) is 27.9 Å². The number of nitrogens with one attached hydrogen (secondary N) is 2. The summed E-state index contributed by atoms with van der Waals surface area (Å²) in [5.74, 6) is -0.451. The number of anilines is 2. The molecule has 4 amide bonds. The highest BCUT2D eigenvalue weighted by Gasteiger charge is 2.40. The Morgan fingerprint density at radius 2 is 1.49 bits per heavy atom. The second-order valence-corrected chi connectivity index (χ2v) is 15.0. The quantitative estimate of drug-likeness (QED) is 0.0998. The van der Waals surface area contributed by atoms with Crippen LogP contribution in [0.2, 0.25) is 5.02 Å². The summed E-state index contributed by atoms with van der Waals surface area (Å²) in [6.07, 6.45) is 1.68. The summed E-state index contributed by atoms with van der Waals surface area (Å²) in [6.45, 7) is 2.91. The number of hydrogen-bond donors (Lipinski definition) is 2. The van der Waals surface area contributed by atoms with E-state index in [1.54, 1.807) is 97.1 Å². The van der Waals surface area contributed by atoms with Crippen molar-refractivity contribution >= 4 is 86.2 Å². The molecule has 0 unspecified atom stereocenters. The lowest BCUT2D eigenvalue weighted by Gasteiger charge is -2.16. The third kappa shape index (κ3) is 8.05. The van der Waals surface area contributed by atoms with Gasteiger partial charge in [0.1, 0.15) is 17.2 Å². The molecule has 8 rings (SSSR count). The first-order valence-electron chi connectivity index (χ1n) is 18.3. The lowest BCUT2D eigenvalue weighted by molar-refractivity contribution is -0.121. The number of ether oxygens (including phenoxy) is 1. The van der Waals surface area contributed by atoms with Crippen LogP contribution < -0.4 is 20.3 Å². The molecule has 1 saturated heterocycles. The molecule has 0 bridgehead atoms. The Morgan fingerprint density at radius 3 is 2.25 bits per heavy atom. The maximum atomic E-state index is 14.0. The molecule has 1 fully saturated rings. The molecule has 282 valence electrons. The number of benzene rings is 6. The van der Waals surface area contributed by atoms with Crippen molar-refractivity contribution in [3.05, 3.63) is 167 Å². The molecule has 1 aliphatic rings. The van der Waals surface area contributed by atoms with E-state index < -0.39 is 17.1 Å². The van der Waals surface area contributed by atoms with Gasteiger partial charge in [0.2, 0.25) is 11.8 Å². The zero-order valence-corrected chi connectivity index (χ0v) is 32.2. The summed E-state index contributed by atoms with van der Waals surface area (Å²) < 4.78 is 8.10. The van der Waals surface area contributed by atoms with Crippen molar-refractivity contribution in [3.63, 3.8) is 0 Å². The third-order valence-corrected chi connectivity index (χ3v) is 11.0. The Balaban J connectivity index is 0.999. The van der Waals surface area contributed by atoms with Gasteiger partial charge in [0.05, 0.1) is 10.9 Å². The normalized spacial score (nSPS) is 14.3. The molecular formula is C46H35ClN4O5S. The van der Waals surface area contributed by atoms with E-state index in [9.17, 15) is 19.2 Å². The van der Waals surface area contributed by atoms with Crippen molar-refractivity contribution in [1.29, 1.82) is 0 Å². The van der Waals surface area contributed by atoms with Crippen molar-refractivity contribution in [2.45, 2.75) is 30.0 Å². The number of halogens is 1. The molecular weight excluding hydrogens is 756 g/mol. The van der Waals surface area contributed by atoms with E-state index in [4.69, 9.17) is 16.3 Å². The number of para-hydroxylation sites is 1. The van der Waals surface area contributed by atoms with Crippen LogP contribution in [0.4, 0.5) is 11.4 Å². The number of fused-ring (bicyclic) bond motifs is 3. The van der Waals surface area contributed by atoms with E-state index in [1.165, 1.54) is 16.7 Å². The topological polar surface area (TPSA) is 110 Å². The summed E-state index contributed by atoms with van der Waals surface area (Å²) in [5, 5.41) is 7.82. The van der Waals surface area contributed by atoms with Gasteiger partial charge in [-0.05, 0) is 116 Å². The Hall–Kier alpha value is -6.62. The van der Waals surface area contributed by atoms with Gasteiger partial charge < -0.3 is 19.9 Å². The first-order valence-corrected chi connectivity index (χ1v) is 19.6. The van der Waals surface area contributed by atoms with Crippen molar-refractivity contribution in [3.8, 4) is 11.5 Å². The standard InChI is InChI=1S/C46H35ClN4O5S/c1-2-50-40-14-7-6-13-37(40)38-25-29(15-24-41(38)50)26-39(49-44(53)30-9-4-3-5-10-30)45(54)48-32-11-8-12-36(27-32)57-42-28-43(52)51(46(42)55)33-18-22-35(23-19-33)56-34-20-16-31(47)17-21-34/h3-27,42H,2,28H2,1H3,(H,48,54)(H,49,53)/b39-26-/t42-/m0/s1.